The van der Waals surface area contributed by atoms with Crippen LogP contribution in [0.25, 0.3) is 0 Å². The molecule has 0 aliphatic carbocycles. The number of nitrogens with zero attached hydrogens (tertiary/aromatic N) is 1. The van der Waals surface area contributed by atoms with E-state index >= 15 is 0 Å². The number of hydrogen-bond acceptors (Lipinski definition) is 3. The molecule has 0 heterocycles. The minimum Gasteiger partial charge on any atom is -0.381 e. The van der Waals surface area contributed by atoms with Crippen molar-refractivity contribution in [3.63, 3.8) is 0 Å². The van der Waals surface area contributed by atoms with Crippen molar-refractivity contribution in [2.45, 2.75) is 26.8 Å². The summed E-state index contributed by atoms with van der Waals surface area (Å²) in [5.74, 6) is 0.603. The van der Waals surface area contributed by atoms with Gasteiger partial charge in [0, 0.05) is 19.8 Å². The van der Waals surface area contributed by atoms with Crippen LogP contribution in [-0.2, 0) is 11.3 Å². The second-order valence-corrected chi connectivity index (χ2v) is 4.81. The first-order valence-electron chi connectivity index (χ1n) is 6.50. The molecule has 0 atom stereocenters. The molecule has 1 rings (SSSR count). The minimum atomic E-state index is 0.603. The normalized spacial score (nSPS) is 10.6. The molecule has 0 aromatic heterocycles. The Morgan fingerprint density at radius 1 is 1.39 bits per heavy atom. The van der Waals surface area contributed by atoms with Gasteiger partial charge in [0.25, 0.3) is 0 Å². The monoisotopic (exact) mass is 246 g/mol. The SMILES string of the molecule is CC(C)COCCCNCc1cccc(C#N)c1. The fraction of sp³-hybridized carbons (Fsp3) is 0.533. The highest BCUT2D eigenvalue weighted by Crippen LogP contribution is 2.03. The first-order valence-corrected chi connectivity index (χ1v) is 6.50. The second-order valence-electron chi connectivity index (χ2n) is 4.81. The molecular weight excluding hydrogens is 224 g/mol. The standard InChI is InChI=1S/C15H22N2O/c1-13(2)12-18-8-4-7-17-11-15-6-3-5-14(9-15)10-16/h3,5-6,9,13,17H,4,7-8,11-12H2,1-2H3. The summed E-state index contributed by atoms with van der Waals surface area (Å²) >= 11 is 0. The maximum atomic E-state index is 8.79. The van der Waals surface area contributed by atoms with Crippen LogP contribution in [0.3, 0.4) is 0 Å². The van der Waals surface area contributed by atoms with Crippen molar-refractivity contribution in [3.8, 4) is 6.07 Å². The van der Waals surface area contributed by atoms with Gasteiger partial charge in [-0.3, -0.25) is 0 Å². The average Bonchev–Trinajstić information content (AvgIpc) is 2.37. The Morgan fingerprint density at radius 3 is 2.94 bits per heavy atom. The molecule has 0 bridgehead atoms. The lowest BCUT2D eigenvalue weighted by atomic mass is 10.1. The van der Waals surface area contributed by atoms with Crippen molar-refractivity contribution in [2.75, 3.05) is 19.8 Å². The van der Waals surface area contributed by atoms with Crippen LogP contribution in [0.2, 0.25) is 0 Å². The quantitative estimate of drug-likeness (QED) is 0.717. The lowest BCUT2D eigenvalue weighted by molar-refractivity contribution is 0.108. The summed E-state index contributed by atoms with van der Waals surface area (Å²) in [6.45, 7) is 7.70. The van der Waals surface area contributed by atoms with Gasteiger partial charge in [0.2, 0.25) is 0 Å². The maximum Gasteiger partial charge on any atom is 0.0991 e. The number of hydrogen-bond donors (Lipinski definition) is 1. The summed E-state index contributed by atoms with van der Waals surface area (Å²) in [5.41, 5.74) is 1.87. The topological polar surface area (TPSA) is 45.0 Å². The van der Waals surface area contributed by atoms with Gasteiger partial charge < -0.3 is 10.1 Å². The molecule has 0 aliphatic heterocycles. The zero-order chi connectivity index (χ0) is 13.2. The fourth-order valence-electron chi connectivity index (χ4n) is 1.60. The van der Waals surface area contributed by atoms with E-state index in [2.05, 4.69) is 25.2 Å². The highest BCUT2D eigenvalue weighted by molar-refractivity contribution is 5.32. The number of rotatable bonds is 8. The predicted octanol–water partition coefficient (Wildman–Crippen LogP) is 2.71. The molecule has 98 valence electrons. The molecule has 0 aliphatic rings. The molecule has 0 radical (unpaired) electrons. The molecule has 0 unspecified atom stereocenters. The Labute approximate surface area is 110 Å². The van der Waals surface area contributed by atoms with E-state index in [-0.39, 0.29) is 0 Å². The average molecular weight is 246 g/mol. The van der Waals surface area contributed by atoms with E-state index < -0.39 is 0 Å². The molecule has 3 heteroatoms. The maximum absolute atomic E-state index is 8.79. The number of ether oxygens (including phenoxy) is 1. The summed E-state index contributed by atoms with van der Waals surface area (Å²) in [7, 11) is 0. The molecule has 0 amide bonds. The summed E-state index contributed by atoms with van der Waals surface area (Å²) in [6, 6.07) is 9.84. The van der Waals surface area contributed by atoms with Crippen LogP contribution < -0.4 is 5.32 Å². The van der Waals surface area contributed by atoms with Crippen molar-refractivity contribution in [2.24, 2.45) is 5.92 Å². The highest BCUT2D eigenvalue weighted by Gasteiger charge is 1.96. The molecule has 18 heavy (non-hydrogen) atoms. The lowest BCUT2D eigenvalue weighted by Gasteiger charge is -2.07. The van der Waals surface area contributed by atoms with Crippen molar-refractivity contribution < 1.29 is 4.74 Å². The van der Waals surface area contributed by atoms with Crippen molar-refractivity contribution in [3.05, 3.63) is 35.4 Å². The molecule has 0 saturated heterocycles. The van der Waals surface area contributed by atoms with E-state index in [0.717, 1.165) is 43.9 Å². The van der Waals surface area contributed by atoms with E-state index in [1.807, 2.05) is 24.3 Å². The number of benzene rings is 1. The number of nitrogens with one attached hydrogen (secondary N) is 1. The Hall–Kier alpha value is -1.37. The van der Waals surface area contributed by atoms with Crippen molar-refractivity contribution >= 4 is 0 Å². The van der Waals surface area contributed by atoms with Crippen LogP contribution in [0, 0.1) is 17.2 Å². The summed E-state index contributed by atoms with van der Waals surface area (Å²) in [6.07, 6.45) is 1.02. The van der Waals surface area contributed by atoms with E-state index in [4.69, 9.17) is 10.00 Å². The third-order valence-corrected chi connectivity index (χ3v) is 2.48. The Morgan fingerprint density at radius 2 is 2.22 bits per heavy atom. The molecular formula is C15H22N2O. The Kier molecular flexibility index (Phi) is 7.09. The highest BCUT2D eigenvalue weighted by atomic mass is 16.5. The van der Waals surface area contributed by atoms with Crippen molar-refractivity contribution in [1.29, 1.82) is 5.26 Å². The Bertz CT molecular complexity index is 382. The van der Waals surface area contributed by atoms with E-state index in [9.17, 15) is 0 Å². The van der Waals surface area contributed by atoms with Gasteiger partial charge in [-0.15, -0.1) is 0 Å². The van der Waals surface area contributed by atoms with Gasteiger partial charge in [0.15, 0.2) is 0 Å². The van der Waals surface area contributed by atoms with Crippen molar-refractivity contribution in [1.82, 2.24) is 5.32 Å². The van der Waals surface area contributed by atoms with Crippen LogP contribution in [0.1, 0.15) is 31.4 Å². The van der Waals surface area contributed by atoms with E-state index in [1.165, 1.54) is 0 Å². The van der Waals surface area contributed by atoms with Gasteiger partial charge in [-0.25, -0.2) is 0 Å². The van der Waals surface area contributed by atoms with Crippen LogP contribution >= 0.6 is 0 Å². The summed E-state index contributed by atoms with van der Waals surface area (Å²) in [5, 5.41) is 12.1. The van der Waals surface area contributed by atoms with Crippen LogP contribution in [-0.4, -0.2) is 19.8 Å². The predicted molar refractivity (Wildman–Crippen MR) is 73.1 cm³/mol. The Balaban J connectivity index is 2.09. The zero-order valence-corrected chi connectivity index (χ0v) is 11.3. The summed E-state index contributed by atoms with van der Waals surface area (Å²) < 4.78 is 5.50. The molecule has 0 fully saturated rings. The van der Waals surface area contributed by atoms with Gasteiger partial charge in [-0.1, -0.05) is 26.0 Å². The third kappa shape index (κ3) is 6.39. The van der Waals surface area contributed by atoms with Crippen LogP contribution in [0.5, 0.6) is 0 Å². The van der Waals surface area contributed by atoms with Crippen LogP contribution in [0.15, 0.2) is 24.3 Å². The minimum absolute atomic E-state index is 0.603. The zero-order valence-electron chi connectivity index (χ0n) is 11.3. The van der Waals surface area contributed by atoms with Gasteiger partial charge >= 0.3 is 0 Å². The number of nitriles is 1. The van der Waals surface area contributed by atoms with Gasteiger partial charge in [0.1, 0.15) is 0 Å². The van der Waals surface area contributed by atoms with Gasteiger partial charge in [0.05, 0.1) is 11.6 Å². The lowest BCUT2D eigenvalue weighted by Crippen LogP contribution is -2.17. The molecule has 3 nitrogen and oxygen atoms in total. The molecule has 1 aromatic rings. The van der Waals surface area contributed by atoms with Gasteiger partial charge in [-0.05, 0) is 36.6 Å². The second kappa shape index (κ2) is 8.68. The van der Waals surface area contributed by atoms with Gasteiger partial charge in [-0.2, -0.15) is 5.26 Å². The first-order chi connectivity index (χ1) is 8.72. The van der Waals surface area contributed by atoms with Crippen LogP contribution in [0.4, 0.5) is 0 Å². The summed E-state index contributed by atoms with van der Waals surface area (Å²) in [4.78, 5) is 0. The first kappa shape index (κ1) is 14.7. The van der Waals surface area contributed by atoms with E-state index in [1.54, 1.807) is 0 Å². The fourth-order valence-corrected chi connectivity index (χ4v) is 1.60. The molecule has 0 saturated carbocycles. The largest absolute Gasteiger partial charge is 0.381 e. The van der Waals surface area contributed by atoms with E-state index in [0.29, 0.717) is 5.92 Å². The molecule has 0 spiro atoms. The molecule has 1 N–H and O–H groups in total. The third-order valence-electron chi connectivity index (χ3n) is 2.48. The smallest absolute Gasteiger partial charge is 0.0991 e. The molecule has 1 aromatic carbocycles.